The van der Waals surface area contributed by atoms with Gasteiger partial charge in [-0.1, -0.05) is 30.3 Å². The molecule has 0 spiro atoms. The molecule has 1 fully saturated rings. The smallest absolute Gasteiger partial charge is 0.289 e. The van der Waals surface area contributed by atoms with Crippen molar-refractivity contribution in [3.05, 3.63) is 119 Å². The number of nitro benzene ring substituents is 1. The molecule has 2 heterocycles. The van der Waals surface area contributed by atoms with E-state index < -0.39 is 42.9 Å². The molecule has 4 aromatic rings. The van der Waals surface area contributed by atoms with Crippen molar-refractivity contribution >= 4 is 56.6 Å². The van der Waals surface area contributed by atoms with Crippen LogP contribution in [0.15, 0.2) is 108 Å². The predicted octanol–water partition coefficient (Wildman–Crippen LogP) is 4.26. The van der Waals surface area contributed by atoms with E-state index in [1.54, 1.807) is 36.4 Å². The Morgan fingerprint density at radius 3 is 2.23 bits per heavy atom. The van der Waals surface area contributed by atoms with Gasteiger partial charge in [0.15, 0.2) is 10.0 Å². The molecule has 0 atom stereocenters. The molecule has 5 rings (SSSR count). The molecule has 0 radical (unpaired) electrons. The average Bonchev–Trinajstić information content (AvgIpc) is 3.42. The molecule has 2 amide bonds. The van der Waals surface area contributed by atoms with E-state index >= 15 is 0 Å². The average molecular weight is 575 g/mol. The molecule has 1 aliphatic rings. The molecule has 0 unspecified atom stereocenters. The minimum atomic E-state index is -4.46. The topological polar surface area (TPSA) is 141 Å². The van der Waals surface area contributed by atoms with Gasteiger partial charge in [-0.3, -0.25) is 29.9 Å². The van der Waals surface area contributed by atoms with Crippen molar-refractivity contribution in [2.75, 3.05) is 4.90 Å². The maximum atomic E-state index is 13.5. The number of hydrogen-bond donors (Lipinski definition) is 1. The highest BCUT2D eigenvalue weighted by molar-refractivity contribution is 7.90. The van der Waals surface area contributed by atoms with Crippen LogP contribution in [0, 0.1) is 10.1 Å². The number of nitro groups is 1. The monoisotopic (exact) mass is 574 g/mol. The second-order valence-corrected chi connectivity index (χ2v) is 10.5. The summed E-state index contributed by atoms with van der Waals surface area (Å²) >= 11 is 5.24. The minimum Gasteiger partial charge on any atom is -0.457 e. The summed E-state index contributed by atoms with van der Waals surface area (Å²) in [6, 6.07) is 23.1. The number of thiocarbonyl (C=S) groups is 1. The van der Waals surface area contributed by atoms with Crippen molar-refractivity contribution in [1.29, 1.82) is 0 Å². The van der Waals surface area contributed by atoms with E-state index in [0.717, 1.165) is 33.3 Å². The number of carbonyl (C=O) groups excluding carboxylic acids is 2. The van der Waals surface area contributed by atoms with E-state index in [4.69, 9.17) is 17.0 Å². The van der Waals surface area contributed by atoms with Gasteiger partial charge < -0.3 is 4.74 Å². The number of nitrogens with one attached hydrogen (secondary N) is 1. The SMILES string of the molecule is O=C1NC(=S)N(c2ccc(Oc3ccccc3)cc2)C(=O)/C1=C/c1cccn1S(=O)(=O)c1ccccc1[N+](=O)[O-]. The van der Waals surface area contributed by atoms with Crippen molar-refractivity contribution in [3.63, 3.8) is 0 Å². The minimum absolute atomic E-state index is 0.0731. The van der Waals surface area contributed by atoms with Gasteiger partial charge in [0.2, 0.25) is 0 Å². The molecule has 3 aromatic carbocycles. The van der Waals surface area contributed by atoms with E-state index in [9.17, 15) is 28.1 Å². The van der Waals surface area contributed by atoms with Gasteiger partial charge in [0.05, 0.1) is 16.3 Å². The number of para-hydroxylation sites is 2. The van der Waals surface area contributed by atoms with Crippen LogP contribution in [0.5, 0.6) is 11.5 Å². The fourth-order valence-electron chi connectivity index (χ4n) is 3.97. The maximum absolute atomic E-state index is 13.5. The summed E-state index contributed by atoms with van der Waals surface area (Å²) < 4.78 is 33.2. The Hall–Kier alpha value is -5.14. The van der Waals surface area contributed by atoms with Gasteiger partial charge in [0.1, 0.15) is 17.1 Å². The van der Waals surface area contributed by atoms with Crippen molar-refractivity contribution in [1.82, 2.24) is 9.29 Å². The molecular formula is C27H18N4O7S2. The molecule has 1 saturated heterocycles. The number of ether oxygens (including phenoxy) is 1. The lowest BCUT2D eigenvalue weighted by Crippen LogP contribution is -2.54. The molecule has 1 N–H and O–H groups in total. The molecule has 11 nitrogen and oxygen atoms in total. The normalized spacial score (nSPS) is 14.8. The molecule has 13 heteroatoms. The Bertz CT molecular complexity index is 1800. The van der Waals surface area contributed by atoms with Crippen molar-refractivity contribution in [2.24, 2.45) is 0 Å². The summed E-state index contributed by atoms with van der Waals surface area (Å²) in [6.07, 6.45) is 2.25. The van der Waals surface area contributed by atoms with Crippen LogP contribution in [0.2, 0.25) is 0 Å². The summed E-state index contributed by atoms with van der Waals surface area (Å²) in [7, 11) is -4.46. The fraction of sp³-hybridized carbons (Fsp3) is 0. The van der Waals surface area contributed by atoms with Gasteiger partial charge in [0.25, 0.3) is 27.5 Å². The highest BCUT2D eigenvalue weighted by Crippen LogP contribution is 2.29. The summed E-state index contributed by atoms with van der Waals surface area (Å²) in [5.74, 6) is -0.494. The molecule has 0 bridgehead atoms. The van der Waals surface area contributed by atoms with Crippen LogP contribution in [0.25, 0.3) is 6.08 Å². The molecule has 0 saturated carbocycles. The highest BCUT2D eigenvalue weighted by atomic mass is 32.2. The first-order valence-corrected chi connectivity index (χ1v) is 13.4. The van der Waals surface area contributed by atoms with Crippen LogP contribution in [0.1, 0.15) is 5.69 Å². The van der Waals surface area contributed by atoms with E-state index in [1.807, 2.05) is 18.2 Å². The number of carbonyl (C=O) groups is 2. The largest absolute Gasteiger partial charge is 0.457 e. The van der Waals surface area contributed by atoms with Crippen LogP contribution >= 0.6 is 12.2 Å². The number of hydrogen-bond acceptors (Lipinski definition) is 8. The Morgan fingerprint density at radius 2 is 1.52 bits per heavy atom. The fourth-order valence-corrected chi connectivity index (χ4v) is 5.74. The third kappa shape index (κ3) is 4.98. The summed E-state index contributed by atoms with van der Waals surface area (Å²) in [4.78, 5) is 37.4. The zero-order chi connectivity index (χ0) is 28.4. The van der Waals surface area contributed by atoms with Gasteiger partial charge in [-0.15, -0.1) is 0 Å². The van der Waals surface area contributed by atoms with Crippen LogP contribution in [-0.4, -0.2) is 34.2 Å². The molecule has 1 aromatic heterocycles. The van der Waals surface area contributed by atoms with E-state index in [2.05, 4.69) is 5.32 Å². The predicted molar refractivity (Wildman–Crippen MR) is 149 cm³/mol. The Labute approximate surface area is 233 Å². The number of amides is 2. The van der Waals surface area contributed by atoms with Gasteiger partial charge in [0, 0.05) is 12.3 Å². The van der Waals surface area contributed by atoms with Crippen LogP contribution in [0.3, 0.4) is 0 Å². The number of rotatable bonds is 7. The van der Waals surface area contributed by atoms with Crippen LogP contribution in [0.4, 0.5) is 11.4 Å². The number of nitrogens with zero attached hydrogens (tertiary/aromatic N) is 3. The molecule has 200 valence electrons. The molecule has 40 heavy (non-hydrogen) atoms. The zero-order valence-electron chi connectivity index (χ0n) is 20.3. The number of aromatic nitrogens is 1. The first-order chi connectivity index (χ1) is 19.2. The second-order valence-electron chi connectivity index (χ2n) is 8.33. The van der Waals surface area contributed by atoms with E-state index in [-0.39, 0.29) is 10.8 Å². The Morgan fingerprint density at radius 1 is 0.875 bits per heavy atom. The van der Waals surface area contributed by atoms with Gasteiger partial charge in [-0.25, -0.2) is 12.4 Å². The van der Waals surface area contributed by atoms with Gasteiger partial charge >= 0.3 is 0 Å². The number of anilines is 1. The Balaban J connectivity index is 1.47. The lowest BCUT2D eigenvalue weighted by atomic mass is 10.1. The molecule has 0 aliphatic carbocycles. The second kappa shape index (κ2) is 10.6. The third-order valence-corrected chi connectivity index (χ3v) is 7.85. The van der Waals surface area contributed by atoms with Crippen LogP contribution < -0.4 is 15.0 Å². The standard InChI is InChI=1S/C27H18N4O7S2/c32-25-22(17-19-7-6-16-29(19)40(36,37)24-11-5-4-10-23(24)31(34)35)26(33)30(27(39)28-25)18-12-14-21(15-13-18)38-20-8-2-1-3-9-20/h1-17H,(H,28,32,39)/b22-17+. The van der Waals surface area contributed by atoms with E-state index in [1.165, 1.54) is 24.3 Å². The van der Waals surface area contributed by atoms with Gasteiger partial charge in [-0.2, -0.15) is 0 Å². The third-order valence-electron chi connectivity index (χ3n) is 5.81. The molecule has 1 aliphatic heterocycles. The van der Waals surface area contributed by atoms with Crippen molar-refractivity contribution < 1.29 is 27.7 Å². The maximum Gasteiger partial charge on any atom is 0.289 e. The van der Waals surface area contributed by atoms with Crippen LogP contribution in [-0.2, 0) is 19.6 Å². The first kappa shape index (κ1) is 26.5. The van der Waals surface area contributed by atoms with E-state index in [0.29, 0.717) is 17.2 Å². The lowest BCUT2D eigenvalue weighted by molar-refractivity contribution is -0.387. The first-order valence-electron chi connectivity index (χ1n) is 11.6. The lowest BCUT2D eigenvalue weighted by Gasteiger charge is -2.29. The van der Waals surface area contributed by atoms with Gasteiger partial charge in [-0.05, 0) is 72.9 Å². The molecular weight excluding hydrogens is 556 g/mol. The van der Waals surface area contributed by atoms with Crippen molar-refractivity contribution in [3.8, 4) is 11.5 Å². The summed E-state index contributed by atoms with van der Waals surface area (Å²) in [5, 5.41) is 13.7. The summed E-state index contributed by atoms with van der Waals surface area (Å²) in [5.41, 5.74) is -0.742. The highest BCUT2D eigenvalue weighted by Gasteiger charge is 2.35. The quantitative estimate of drug-likeness (QED) is 0.114. The van der Waals surface area contributed by atoms with Crippen molar-refractivity contribution in [2.45, 2.75) is 4.90 Å². The Kier molecular flexibility index (Phi) is 6.98. The summed E-state index contributed by atoms with van der Waals surface area (Å²) in [6.45, 7) is 0. The zero-order valence-corrected chi connectivity index (χ0v) is 22.0. The number of benzene rings is 3.